The first-order valence-electron chi connectivity index (χ1n) is 7.18. The highest BCUT2D eigenvalue weighted by Gasteiger charge is 2.03. The number of ether oxygens (including phenoxy) is 2. The van der Waals surface area contributed by atoms with E-state index >= 15 is 0 Å². The van der Waals surface area contributed by atoms with Crippen LogP contribution >= 0.6 is 0 Å². The van der Waals surface area contributed by atoms with E-state index in [2.05, 4.69) is 9.97 Å². The molecule has 0 aliphatic rings. The number of nitrogen functional groups attached to an aromatic ring is 1. The summed E-state index contributed by atoms with van der Waals surface area (Å²) in [5, 5.41) is 0. The van der Waals surface area contributed by atoms with E-state index in [4.69, 9.17) is 15.2 Å². The van der Waals surface area contributed by atoms with Crippen LogP contribution in [0, 0.1) is 0 Å². The third-order valence-electron chi connectivity index (χ3n) is 3.36. The number of hydrogen-bond donors (Lipinski definition) is 1. The maximum absolute atomic E-state index is 5.85. The van der Waals surface area contributed by atoms with Gasteiger partial charge in [-0.05, 0) is 29.8 Å². The predicted molar refractivity (Wildman–Crippen MR) is 89.2 cm³/mol. The van der Waals surface area contributed by atoms with Crippen LogP contribution in [0.25, 0.3) is 11.3 Å². The summed E-state index contributed by atoms with van der Waals surface area (Å²) in [4.78, 5) is 8.13. The second kappa shape index (κ2) is 6.79. The van der Waals surface area contributed by atoms with E-state index in [0.717, 1.165) is 28.3 Å². The number of hydrogen-bond acceptors (Lipinski definition) is 5. The van der Waals surface area contributed by atoms with E-state index in [1.165, 1.54) is 6.33 Å². The van der Waals surface area contributed by atoms with Gasteiger partial charge in [-0.1, -0.05) is 24.3 Å². The highest BCUT2D eigenvalue weighted by molar-refractivity contribution is 5.63. The zero-order valence-corrected chi connectivity index (χ0v) is 12.8. The lowest BCUT2D eigenvalue weighted by atomic mass is 10.1. The Morgan fingerprint density at radius 1 is 0.957 bits per heavy atom. The number of benzene rings is 2. The van der Waals surface area contributed by atoms with Crippen LogP contribution in [-0.2, 0) is 6.61 Å². The molecule has 3 aromatic rings. The van der Waals surface area contributed by atoms with Gasteiger partial charge in [0.25, 0.3) is 0 Å². The fourth-order valence-electron chi connectivity index (χ4n) is 2.20. The van der Waals surface area contributed by atoms with Crippen molar-refractivity contribution in [1.29, 1.82) is 0 Å². The zero-order chi connectivity index (χ0) is 16.1. The van der Waals surface area contributed by atoms with Crippen LogP contribution in [0.5, 0.6) is 11.5 Å². The molecule has 5 heteroatoms. The third kappa shape index (κ3) is 3.77. The first kappa shape index (κ1) is 14.8. The largest absolute Gasteiger partial charge is 0.497 e. The molecule has 116 valence electrons. The first-order chi connectivity index (χ1) is 11.2. The number of aromatic nitrogens is 2. The summed E-state index contributed by atoms with van der Waals surface area (Å²) in [6.07, 6.45) is 1.45. The molecular weight excluding hydrogens is 290 g/mol. The summed E-state index contributed by atoms with van der Waals surface area (Å²) in [7, 11) is 1.65. The van der Waals surface area contributed by atoms with Crippen LogP contribution in [0.1, 0.15) is 5.56 Å². The van der Waals surface area contributed by atoms with Crippen molar-refractivity contribution in [2.24, 2.45) is 0 Å². The molecule has 0 spiro atoms. The molecule has 1 aromatic heterocycles. The van der Waals surface area contributed by atoms with Crippen molar-refractivity contribution < 1.29 is 9.47 Å². The van der Waals surface area contributed by atoms with Crippen molar-refractivity contribution in [3.63, 3.8) is 0 Å². The molecule has 0 amide bonds. The molecule has 23 heavy (non-hydrogen) atoms. The maximum Gasteiger partial charge on any atom is 0.127 e. The summed E-state index contributed by atoms with van der Waals surface area (Å²) in [6.45, 7) is 0.465. The van der Waals surface area contributed by atoms with Crippen LogP contribution in [0.4, 0.5) is 5.82 Å². The Hall–Kier alpha value is -3.08. The molecule has 0 fully saturated rings. The van der Waals surface area contributed by atoms with Gasteiger partial charge in [-0.3, -0.25) is 0 Å². The van der Waals surface area contributed by atoms with E-state index in [1.54, 1.807) is 13.2 Å². The number of anilines is 1. The SMILES string of the molecule is COc1cccc(COc2cccc(-c3cc(N)ncn3)c2)c1. The number of rotatable bonds is 5. The quantitative estimate of drug-likeness (QED) is 0.783. The molecule has 0 unspecified atom stereocenters. The standard InChI is InChI=1S/C18H17N3O2/c1-22-15-6-2-4-13(8-15)11-23-16-7-3-5-14(9-16)17-10-18(19)21-12-20-17/h2-10,12H,11H2,1H3,(H2,19,20,21). The molecule has 0 atom stereocenters. The van der Waals surface area contributed by atoms with Gasteiger partial charge >= 0.3 is 0 Å². The lowest BCUT2D eigenvalue weighted by Gasteiger charge is -2.09. The Bertz CT molecular complexity index is 806. The number of nitrogens with zero attached hydrogens (tertiary/aromatic N) is 2. The Kier molecular flexibility index (Phi) is 4.38. The van der Waals surface area contributed by atoms with Crippen LogP contribution < -0.4 is 15.2 Å². The normalized spacial score (nSPS) is 10.3. The summed E-state index contributed by atoms with van der Waals surface area (Å²) >= 11 is 0. The van der Waals surface area contributed by atoms with Gasteiger partial charge in [-0.25, -0.2) is 9.97 Å². The van der Waals surface area contributed by atoms with Crippen molar-refractivity contribution in [2.45, 2.75) is 6.61 Å². The van der Waals surface area contributed by atoms with Crippen LogP contribution in [-0.4, -0.2) is 17.1 Å². The predicted octanol–water partition coefficient (Wildman–Crippen LogP) is 3.31. The van der Waals surface area contributed by atoms with E-state index < -0.39 is 0 Å². The van der Waals surface area contributed by atoms with E-state index in [1.807, 2.05) is 48.5 Å². The molecule has 0 saturated heterocycles. The Balaban J connectivity index is 1.75. The van der Waals surface area contributed by atoms with Gasteiger partial charge in [0.2, 0.25) is 0 Å². The molecule has 3 rings (SSSR count). The molecule has 0 bridgehead atoms. The van der Waals surface area contributed by atoms with E-state index in [0.29, 0.717) is 12.4 Å². The van der Waals surface area contributed by atoms with Gasteiger partial charge in [0.15, 0.2) is 0 Å². The van der Waals surface area contributed by atoms with Gasteiger partial charge in [-0.2, -0.15) is 0 Å². The molecule has 0 aliphatic heterocycles. The summed E-state index contributed by atoms with van der Waals surface area (Å²) in [5.41, 5.74) is 8.44. The zero-order valence-electron chi connectivity index (χ0n) is 12.8. The first-order valence-corrected chi connectivity index (χ1v) is 7.18. The van der Waals surface area contributed by atoms with Crippen LogP contribution in [0.3, 0.4) is 0 Å². The van der Waals surface area contributed by atoms with Crippen molar-refractivity contribution in [2.75, 3.05) is 12.8 Å². The van der Waals surface area contributed by atoms with Crippen molar-refractivity contribution >= 4 is 5.82 Å². The minimum Gasteiger partial charge on any atom is -0.497 e. The van der Waals surface area contributed by atoms with Gasteiger partial charge in [0.05, 0.1) is 12.8 Å². The average molecular weight is 307 g/mol. The summed E-state index contributed by atoms with van der Waals surface area (Å²) in [5.74, 6) is 2.02. The van der Waals surface area contributed by atoms with Crippen molar-refractivity contribution in [3.8, 4) is 22.8 Å². The molecule has 0 aliphatic carbocycles. The van der Waals surface area contributed by atoms with Gasteiger partial charge in [0, 0.05) is 11.6 Å². The molecular formula is C18H17N3O2. The molecule has 0 radical (unpaired) electrons. The van der Waals surface area contributed by atoms with Crippen LogP contribution in [0.15, 0.2) is 60.9 Å². The highest BCUT2D eigenvalue weighted by Crippen LogP contribution is 2.24. The summed E-state index contributed by atoms with van der Waals surface area (Å²) < 4.78 is 11.1. The summed E-state index contributed by atoms with van der Waals surface area (Å²) in [6, 6.07) is 17.3. The number of methoxy groups -OCH3 is 1. The minimum atomic E-state index is 0.442. The molecule has 2 aromatic carbocycles. The van der Waals surface area contributed by atoms with Crippen LogP contribution in [0.2, 0.25) is 0 Å². The lowest BCUT2D eigenvalue weighted by molar-refractivity contribution is 0.305. The molecule has 2 N–H and O–H groups in total. The Labute approximate surface area is 134 Å². The topological polar surface area (TPSA) is 70.3 Å². The maximum atomic E-state index is 5.85. The minimum absolute atomic E-state index is 0.442. The highest BCUT2D eigenvalue weighted by atomic mass is 16.5. The fourth-order valence-corrected chi connectivity index (χ4v) is 2.20. The fraction of sp³-hybridized carbons (Fsp3) is 0.111. The smallest absolute Gasteiger partial charge is 0.127 e. The molecule has 1 heterocycles. The third-order valence-corrected chi connectivity index (χ3v) is 3.36. The molecule has 0 saturated carbocycles. The second-order valence-corrected chi connectivity index (χ2v) is 5.00. The second-order valence-electron chi connectivity index (χ2n) is 5.00. The monoisotopic (exact) mass is 307 g/mol. The Morgan fingerprint density at radius 3 is 2.61 bits per heavy atom. The Morgan fingerprint density at radius 2 is 1.78 bits per heavy atom. The molecule has 5 nitrogen and oxygen atoms in total. The van der Waals surface area contributed by atoms with Crippen molar-refractivity contribution in [3.05, 3.63) is 66.5 Å². The van der Waals surface area contributed by atoms with E-state index in [9.17, 15) is 0 Å². The average Bonchev–Trinajstić information content (AvgIpc) is 2.60. The van der Waals surface area contributed by atoms with E-state index in [-0.39, 0.29) is 0 Å². The number of nitrogens with two attached hydrogens (primary N) is 1. The van der Waals surface area contributed by atoms with Gasteiger partial charge in [0.1, 0.15) is 30.3 Å². The van der Waals surface area contributed by atoms with Gasteiger partial charge in [-0.15, -0.1) is 0 Å². The van der Waals surface area contributed by atoms with Gasteiger partial charge < -0.3 is 15.2 Å². The van der Waals surface area contributed by atoms with Crippen molar-refractivity contribution in [1.82, 2.24) is 9.97 Å². The lowest BCUT2D eigenvalue weighted by Crippen LogP contribution is -1.97.